The fourth-order valence-electron chi connectivity index (χ4n) is 0.479. The first-order valence-corrected chi connectivity index (χ1v) is 2.56. The van der Waals surface area contributed by atoms with Crippen molar-refractivity contribution in [2.45, 2.75) is 11.8 Å². The van der Waals surface area contributed by atoms with Crippen molar-refractivity contribution < 1.29 is 9.59 Å². The van der Waals surface area contributed by atoms with Crippen molar-refractivity contribution in [2.75, 3.05) is 0 Å². The lowest BCUT2D eigenvalue weighted by atomic mass is 10.4. The van der Waals surface area contributed by atoms with Crippen LogP contribution in [0.25, 0.3) is 0 Å². The Morgan fingerprint density at radius 2 is 2.25 bits per heavy atom. The summed E-state index contributed by atoms with van der Waals surface area (Å²) in [5.74, 6) is -0.910. The molecule has 0 spiro atoms. The average Bonchev–Trinajstić information content (AvgIpc) is 1.85. The van der Waals surface area contributed by atoms with Crippen molar-refractivity contribution in [3.05, 3.63) is 0 Å². The second-order valence-corrected chi connectivity index (χ2v) is 2.04. The first-order chi connectivity index (χ1) is 3.70. The summed E-state index contributed by atoms with van der Waals surface area (Å²) in [6, 6.07) is 0. The predicted molar refractivity (Wildman–Crippen MR) is 26.4 cm³/mol. The number of hydrogen-bond acceptors (Lipinski definition) is 2. The van der Waals surface area contributed by atoms with Gasteiger partial charge >= 0.3 is 0 Å². The minimum atomic E-state index is -0.692. The zero-order chi connectivity index (χ0) is 6.15. The van der Waals surface area contributed by atoms with Gasteiger partial charge in [0.1, 0.15) is 5.38 Å². The number of carbonyl (C=O) groups is 2. The number of alkyl halides is 1. The van der Waals surface area contributed by atoms with Gasteiger partial charge in [-0.25, -0.2) is 0 Å². The van der Waals surface area contributed by atoms with Gasteiger partial charge in [0.2, 0.25) is 0 Å². The van der Waals surface area contributed by atoms with Gasteiger partial charge in [0.25, 0.3) is 11.8 Å². The normalized spacial score (nSPS) is 28.4. The van der Waals surface area contributed by atoms with Crippen LogP contribution in [0.4, 0.5) is 0 Å². The third kappa shape index (κ3) is 0.816. The fraction of sp³-hybridized carbons (Fsp3) is 0.500. The number of hydrogen-bond donors (Lipinski definition) is 0. The van der Waals surface area contributed by atoms with Gasteiger partial charge in [-0.3, -0.25) is 9.59 Å². The van der Waals surface area contributed by atoms with Crippen molar-refractivity contribution in [3.63, 3.8) is 0 Å². The first-order valence-electron chi connectivity index (χ1n) is 2.12. The Hall–Kier alpha value is -0.570. The molecule has 0 aromatic rings. The van der Waals surface area contributed by atoms with Crippen LogP contribution in [-0.2, 0) is 9.59 Å². The van der Waals surface area contributed by atoms with E-state index in [1.54, 1.807) is 0 Å². The van der Waals surface area contributed by atoms with Gasteiger partial charge in [-0.05, 0) is 0 Å². The van der Waals surface area contributed by atoms with E-state index >= 15 is 0 Å². The van der Waals surface area contributed by atoms with Crippen LogP contribution in [0, 0.1) is 0 Å². The molecule has 3 nitrogen and oxygen atoms in total. The molecule has 1 fully saturated rings. The van der Waals surface area contributed by atoms with Gasteiger partial charge in [0, 0.05) is 0 Å². The SMILES string of the molecule is O=C1CC(Cl)C(=O)[N]1. The van der Waals surface area contributed by atoms with Gasteiger partial charge in [-0.2, -0.15) is 5.32 Å². The summed E-state index contributed by atoms with van der Waals surface area (Å²) in [5, 5.41) is 2.37. The van der Waals surface area contributed by atoms with Gasteiger partial charge in [-0.1, -0.05) is 0 Å². The van der Waals surface area contributed by atoms with E-state index in [-0.39, 0.29) is 6.42 Å². The molecule has 1 aliphatic rings. The van der Waals surface area contributed by atoms with E-state index in [0.29, 0.717) is 0 Å². The highest BCUT2D eigenvalue weighted by Gasteiger charge is 2.30. The predicted octanol–water partition coefficient (Wildman–Crippen LogP) is -0.345. The van der Waals surface area contributed by atoms with Gasteiger partial charge in [0.15, 0.2) is 0 Å². The van der Waals surface area contributed by atoms with Gasteiger partial charge in [0.05, 0.1) is 6.42 Å². The molecule has 1 aliphatic heterocycles. The maximum Gasteiger partial charge on any atom is 0.267 e. The van der Waals surface area contributed by atoms with E-state index in [1.165, 1.54) is 0 Å². The van der Waals surface area contributed by atoms with Crippen molar-refractivity contribution >= 4 is 23.4 Å². The molecule has 43 valence electrons. The largest absolute Gasteiger partial charge is 0.272 e. The van der Waals surface area contributed by atoms with E-state index in [4.69, 9.17) is 11.6 Å². The van der Waals surface area contributed by atoms with Crippen LogP contribution in [0.1, 0.15) is 6.42 Å². The van der Waals surface area contributed by atoms with Crippen molar-refractivity contribution in [1.29, 1.82) is 0 Å². The van der Waals surface area contributed by atoms with Gasteiger partial charge < -0.3 is 0 Å². The molecule has 0 aromatic heterocycles. The number of carbonyl (C=O) groups excluding carboxylic acids is 2. The number of rotatable bonds is 0. The molecule has 1 rings (SSSR count). The minimum absolute atomic E-state index is 0.0698. The number of amides is 2. The fourth-order valence-corrected chi connectivity index (χ4v) is 0.660. The molecule has 1 atom stereocenters. The van der Waals surface area contributed by atoms with Crippen molar-refractivity contribution in [1.82, 2.24) is 5.32 Å². The average molecular weight is 133 g/mol. The van der Waals surface area contributed by atoms with Crippen LogP contribution in [0.3, 0.4) is 0 Å². The first kappa shape index (κ1) is 5.56. The van der Waals surface area contributed by atoms with Crippen molar-refractivity contribution in [2.24, 2.45) is 0 Å². The Morgan fingerprint density at radius 3 is 2.38 bits per heavy atom. The molecule has 0 saturated carbocycles. The van der Waals surface area contributed by atoms with E-state index in [1.807, 2.05) is 0 Å². The van der Waals surface area contributed by atoms with E-state index < -0.39 is 17.2 Å². The molecule has 4 heteroatoms. The molecular weight excluding hydrogens is 130 g/mol. The molecular formula is C4H3ClNO2. The number of halogens is 1. The Morgan fingerprint density at radius 1 is 1.62 bits per heavy atom. The molecule has 1 heterocycles. The second-order valence-electron chi connectivity index (χ2n) is 1.52. The molecule has 2 amide bonds. The molecule has 0 aliphatic carbocycles. The lowest BCUT2D eigenvalue weighted by Gasteiger charge is -1.83. The molecule has 1 unspecified atom stereocenters. The molecule has 0 bridgehead atoms. The Balaban J connectivity index is 2.64. The Labute approximate surface area is 51.0 Å². The van der Waals surface area contributed by atoms with Crippen LogP contribution in [-0.4, -0.2) is 17.2 Å². The van der Waals surface area contributed by atoms with Crippen LogP contribution >= 0.6 is 11.6 Å². The molecule has 0 aromatic carbocycles. The highest BCUT2D eigenvalue weighted by Crippen LogP contribution is 2.09. The lowest BCUT2D eigenvalue weighted by Crippen LogP contribution is -2.13. The lowest BCUT2D eigenvalue weighted by molar-refractivity contribution is -0.125. The maximum absolute atomic E-state index is 10.3. The Bertz CT molecular complexity index is 145. The molecule has 1 radical (unpaired) electrons. The number of imide groups is 1. The van der Waals surface area contributed by atoms with Crippen LogP contribution in [0.15, 0.2) is 0 Å². The summed E-state index contributed by atoms with van der Waals surface area (Å²) < 4.78 is 0. The standard InChI is InChI=1S/C4H3ClNO2/c5-2-1-3(7)6-4(2)8/h2H,1H2. The maximum atomic E-state index is 10.3. The van der Waals surface area contributed by atoms with Crippen LogP contribution in [0.2, 0.25) is 0 Å². The van der Waals surface area contributed by atoms with Crippen LogP contribution < -0.4 is 5.32 Å². The number of nitrogens with zero attached hydrogens (tertiary/aromatic N) is 1. The topological polar surface area (TPSA) is 48.2 Å². The smallest absolute Gasteiger partial charge is 0.267 e. The van der Waals surface area contributed by atoms with E-state index in [9.17, 15) is 9.59 Å². The summed E-state index contributed by atoms with van der Waals surface area (Å²) in [7, 11) is 0. The summed E-state index contributed by atoms with van der Waals surface area (Å²) >= 11 is 5.29. The highest BCUT2D eigenvalue weighted by atomic mass is 35.5. The second kappa shape index (κ2) is 1.74. The van der Waals surface area contributed by atoms with Gasteiger partial charge in [-0.15, -0.1) is 11.6 Å². The van der Waals surface area contributed by atoms with E-state index in [0.717, 1.165) is 0 Å². The van der Waals surface area contributed by atoms with Crippen LogP contribution in [0.5, 0.6) is 0 Å². The molecule has 1 saturated heterocycles. The minimum Gasteiger partial charge on any atom is -0.272 e. The Kier molecular flexibility index (Phi) is 1.21. The monoisotopic (exact) mass is 132 g/mol. The third-order valence-electron chi connectivity index (χ3n) is 0.857. The highest BCUT2D eigenvalue weighted by molar-refractivity contribution is 6.35. The summed E-state index contributed by atoms with van der Waals surface area (Å²) in [4.78, 5) is 20.5. The van der Waals surface area contributed by atoms with E-state index in [2.05, 4.69) is 5.32 Å². The molecule has 0 N–H and O–H groups in total. The third-order valence-corrected chi connectivity index (χ3v) is 1.20. The van der Waals surface area contributed by atoms with Crippen molar-refractivity contribution in [3.8, 4) is 0 Å². The summed E-state index contributed by atoms with van der Waals surface area (Å²) in [6.45, 7) is 0. The quantitative estimate of drug-likeness (QED) is 0.334. The summed E-state index contributed by atoms with van der Waals surface area (Å²) in [6.07, 6.45) is 0.0698. The zero-order valence-electron chi connectivity index (χ0n) is 3.93. The molecule has 8 heavy (non-hydrogen) atoms. The summed E-state index contributed by atoms with van der Waals surface area (Å²) in [5.41, 5.74) is 0. The zero-order valence-corrected chi connectivity index (χ0v) is 4.68.